The molecule has 96 valence electrons. The molecule has 17 heavy (non-hydrogen) atoms. The maximum absolute atomic E-state index is 12.6. The SMILES string of the molecule is C[C@H]1C(=O)N(CCC2CC(F)(F)C2)C(=O)N1C. The van der Waals surface area contributed by atoms with E-state index in [1.807, 2.05) is 0 Å². The van der Waals surface area contributed by atoms with Crippen LogP contribution in [0.1, 0.15) is 26.2 Å². The predicted molar refractivity (Wildman–Crippen MR) is 56.6 cm³/mol. The van der Waals surface area contributed by atoms with Crippen LogP contribution in [0, 0.1) is 5.92 Å². The topological polar surface area (TPSA) is 40.6 Å². The Morgan fingerprint density at radius 1 is 1.35 bits per heavy atom. The van der Waals surface area contributed by atoms with Crippen LogP contribution < -0.4 is 0 Å². The highest BCUT2D eigenvalue weighted by Crippen LogP contribution is 2.44. The van der Waals surface area contributed by atoms with E-state index in [0.29, 0.717) is 6.42 Å². The monoisotopic (exact) mass is 246 g/mol. The standard InChI is InChI=1S/C11H16F2N2O2/c1-7-9(16)15(10(17)14(7)2)4-3-8-5-11(12,13)6-8/h7-8H,3-6H2,1-2H3/t7-/m0/s1. The van der Waals surface area contributed by atoms with Crippen molar-refractivity contribution in [2.24, 2.45) is 5.92 Å². The van der Waals surface area contributed by atoms with Crippen LogP contribution in [-0.2, 0) is 4.79 Å². The van der Waals surface area contributed by atoms with Gasteiger partial charge in [-0.1, -0.05) is 0 Å². The van der Waals surface area contributed by atoms with Gasteiger partial charge in [0.15, 0.2) is 0 Å². The van der Waals surface area contributed by atoms with Crippen molar-refractivity contribution in [3.63, 3.8) is 0 Å². The van der Waals surface area contributed by atoms with Gasteiger partial charge in [0.25, 0.3) is 5.91 Å². The molecule has 4 nitrogen and oxygen atoms in total. The minimum absolute atomic E-state index is 0.0631. The Kier molecular flexibility index (Phi) is 2.83. The van der Waals surface area contributed by atoms with Crippen molar-refractivity contribution in [1.29, 1.82) is 0 Å². The minimum atomic E-state index is -2.53. The highest BCUT2D eigenvalue weighted by molar-refractivity contribution is 6.03. The average molecular weight is 246 g/mol. The van der Waals surface area contributed by atoms with E-state index >= 15 is 0 Å². The zero-order valence-corrected chi connectivity index (χ0v) is 9.95. The number of hydrogen-bond acceptors (Lipinski definition) is 2. The number of carbonyl (C=O) groups excluding carboxylic acids is 2. The zero-order chi connectivity index (χ0) is 12.8. The molecule has 2 fully saturated rings. The number of likely N-dealkylation sites (N-methyl/N-ethyl adjacent to an activating group) is 1. The van der Waals surface area contributed by atoms with Crippen LogP contribution in [0.25, 0.3) is 0 Å². The number of urea groups is 1. The first-order valence-electron chi connectivity index (χ1n) is 5.78. The van der Waals surface area contributed by atoms with Crippen molar-refractivity contribution >= 4 is 11.9 Å². The first-order chi connectivity index (χ1) is 7.82. The van der Waals surface area contributed by atoms with Gasteiger partial charge in [-0.3, -0.25) is 9.69 Å². The maximum atomic E-state index is 12.6. The summed E-state index contributed by atoms with van der Waals surface area (Å²) in [4.78, 5) is 25.9. The average Bonchev–Trinajstić information content (AvgIpc) is 2.39. The molecule has 0 aromatic rings. The molecule has 0 aromatic heterocycles. The molecule has 1 heterocycles. The molecule has 0 spiro atoms. The summed E-state index contributed by atoms with van der Waals surface area (Å²) in [5.41, 5.74) is 0. The van der Waals surface area contributed by atoms with Crippen LogP contribution in [0.3, 0.4) is 0 Å². The summed E-state index contributed by atoms with van der Waals surface area (Å²) in [6, 6.07) is -0.765. The molecule has 6 heteroatoms. The van der Waals surface area contributed by atoms with Crippen LogP contribution in [0.2, 0.25) is 0 Å². The molecule has 2 aliphatic rings. The second-order valence-electron chi connectivity index (χ2n) is 4.98. The number of amides is 3. The molecular formula is C11H16F2N2O2. The summed E-state index contributed by atoms with van der Waals surface area (Å²) >= 11 is 0. The number of nitrogens with zero attached hydrogens (tertiary/aromatic N) is 2. The lowest BCUT2D eigenvalue weighted by Crippen LogP contribution is -2.39. The van der Waals surface area contributed by atoms with Crippen LogP contribution >= 0.6 is 0 Å². The summed E-state index contributed by atoms with van der Waals surface area (Å²) in [5.74, 6) is -2.83. The van der Waals surface area contributed by atoms with Gasteiger partial charge in [0.1, 0.15) is 6.04 Å². The molecule has 0 N–H and O–H groups in total. The third-order valence-corrected chi connectivity index (χ3v) is 3.67. The number of alkyl halides is 2. The van der Waals surface area contributed by atoms with E-state index in [1.54, 1.807) is 14.0 Å². The van der Waals surface area contributed by atoms with E-state index in [9.17, 15) is 18.4 Å². The fourth-order valence-electron chi connectivity index (χ4n) is 2.35. The molecule has 1 aliphatic heterocycles. The molecule has 1 aliphatic carbocycles. The van der Waals surface area contributed by atoms with Crippen molar-refractivity contribution < 1.29 is 18.4 Å². The summed E-state index contributed by atoms with van der Waals surface area (Å²) in [7, 11) is 1.57. The van der Waals surface area contributed by atoms with Gasteiger partial charge in [-0.25, -0.2) is 13.6 Å². The molecule has 3 amide bonds. The van der Waals surface area contributed by atoms with E-state index in [-0.39, 0.29) is 37.2 Å². The Morgan fingerprint density at radius 3 is 2.35 bits per heavy atom. The Labute approximate surface area is 98.6 Å². The van der Waals surface area contributed by atoms with E-state index in [1.165, 1.54) is 9.80 Å². The van der Waals surface area contributed by atoms with E-state index < -0.39 is 12.0 Å². The third-order valence-electron chi connectivity index (χ3n) is 3.67. The van der Waals surface area contributed by atoms with Crippen molar-refractivity contribution in [2.45, 2.75) is 38.2 Å². The fraction of sp³-hybridized carbons (Fsp3) is 0.818. The minimum Gasteiger partial charge on any atom is -0.316 e. The number of halogens is 2. The number of hydrogen-bond donors (Lipinski definition) is 0. The number of carbonyl (C=O) groups is 2. The second-order valence-corrected chi connectivity index (χ2v) is 4.98. The lowest BCUT2D eigenvalue weighted by molar-refractivity contribution is -0.129. The Bertz CT molecular complexity index is 331. The largest absolute Gasteiger partial charge is 0.327 e. The summed E-state index contributed by atoms with van der Waals surface area (Å²) in [6.45, 7) is 1.92. The molecule has 0 bridgehead atoms. The number of rotatable bonds is 3. The predicted octanol–water partition coefficient (Wildman–Crippen LogP) is 1.70. The molecule has 2 rings (SSSR count). The lowest BCUT2D eigenvalue weighted by Gasteiger charge is -2.35. The lowest BCUT2D eigenvalue weighted by atomic mass is 9.79. The molecule has 0 aromatic carbocycles. The molecule has 1 saturated heterocycles. The van der Waals surface area contributed by atoms with Gasteiger partial charge in [0.05, 0.1) is 0 Å². The Balaban J connectivity index is 1.84. The Hall–Kier alpha value is -1.20. The quantitative estimate of drug-likeness (QED) is 0.711. The molecule has 1 saturated carbocycles. The van der Waals surface area contributed by atoms with Crippen molar-refractivity contribution in [3.8, 4) is 0 Å². The van der Waals surface area contributed by atoms with Gasteiger partial charge >= 0.3 is 6.03 Å². The van der Waals surface area contributed by atoms with Crippen molar-refractivity contribution in [2.75, 3.05) is 13.6 Å². The van der Waals surface area contributed by atoms with Gasteiger partial charge in [-0.15, -0.1) is 0 Å². The summed E-state index contributed by atoms with van der Waals surface area (Å²) in [5, 5.41) is 0. The second kappa shape index (κ2) is 3.92. The summed E-state index contributed by atoms with van der Waals surface area (Å²) in [6.07, 6.45) is 0.247. The maximum Gasteiger partial charge on any atom is 0.327 e. The fourth-order valence-corrected chi connectivity index (χ4v) is 2.35. The highest BCUT2D eigenvalue weighted by atomic mass is 19.3. The normalized spacial score (nSPS) is 28.8. The van der Waals surface area contributed by atoms with Crippen molar-refractivity contribution in [3.05, 3.63) is 0 Å². The Morgan fingerprint density at radius 2 is 1.94 bits per heavy atom. The number of imide groups is 1. The molecule has 0 unspecified atom stereocenters. The smallest absolute Gasteiger partial charge is 0.316 e. The van der Waals surface area contributed by atoms with Gasteiger partial charge < -0.3 is 4.90 Å². The summed E-state index contributed by atoms with van der Waals surface area (Å²) < 4.78 is 25.2. The van der Waals surface area contributed by atoms with Crippen molar-refractivity contribution in [1.82, 2.24) is 9.80 Å². The van der Waals surface area contributed by atoms with E-state index in [4.69, 9.17) is 0 Å². The molecule has 1 atom stereocenters. The first-order valence-corrected chi connectivity index (χ1v) is 5.78. The zero-order valence-electron chi connectivity index (χ0n) is 9.95. The first kappa shape index (κ1) is 12.3. The van der Waals surface area contributed by atoms with Gasteiger partial charge in [0.2, 0.25) is 5.92 Å². The van der Waals surface area contributed by atoms with Gasteiger partial charge in [-0.2, -0.15) is 0 Å². The van der Waals surface area contributed by atoms with Crippen LogP contribution in [0.5, 0.6) is 0 Å². The van der Waals surface area contributed by atoms with Crippen LogP contribution in [0.15, 0.2) is 0 Å². The highest BCUT2D eigenvalue weighted by Gasteiger charge is 2.46. The molecule has 0 radical (unpaired) electrons. The van der Waals surface area contributed by atoms with Gasteiger partial charge in [0, 0.05) is 26.4 Å². The third kappa shape index (κ3) is 2.12. The van der Waals surface area contributed by atoms with Crippen LogP contribution in [-0.4, -0.2) is 47.3 Å². The van der Waals surface area contributed by atoms with E-state index in [0.717, 1.165) is 0 Å². The van der Waals surface area contributed by atoms with Gasteiger partial charge in [-0.05, 0) is 19.3 Å². The van der Waals surface area contributed by atoms with Crippen LogP contribution in [0.4, 0.5) is 13.6 Å². The molecular weight excluding hydrogens is 230 g/mol. The van der Waals surface area contributed by atoms with E-state index in [2.05, 4.69) is 0 Å².